The van der Waals surface area contributed by atoms with Gasteiger partial charge in [0.15, 0.2) is 0 Å². The number of amidine groups is 1. The van der Waals surface area contributed by atoms with Crippen LogP contribution in [-0.2, 0) is 9.53 Å². The quantitative estimate of drug-likeness (QED) is 0.616. The maximum absolute atomic E-state index is 11.8. The zero-order valence-corrected chi connectivity index (χ0v) is 9.06. The van der Waals surface area contributed by atoms with Gasteiger partial charge in [-0.25, -0.2) is 4.79 Å². The third-order valence-corrected chi connectivity index (χ3v) is 2.61. The smallest absolute Gasteiger partial charge is 0.436 e. The predicted octanol–water partition coefficient (Wildman–Crippen LogP) is -0.731. The van der Waals surface area contributed by atoms with Crippen molar-refractivity contribution < 1.29 is 19.4 Å². The van der Waals surface area contributed by atoms with Crippen molar-refractivity contribution in [2.75, 3.05) is 13.2 Å². The zero-order valence-electron chi connectivity index (χ0n) is 9.06. The van der Waals surface area contributed by atoms with E-state index in [9.17, 15) is 14.7 Å². The first kappa shape index (κ1) is 10.9. The molecule has 88 valence electrons. The second-order valence-electron chi connectivity index (χ2n) is 3.98. The molecule has 2 unspecified atom stereocenters. The van der Waals surface area contributed by atoms with Crippen LogP contribution in [0.3, 0.4) is 0 Å². The summed E-state index contributed by atoms with van der Waals surface area (Å²) in [4.78, 5) is 27.2. The third kappa shape index (κ3) is 1.44. The highest BCUT2D eigenvalue weighted by Gasteiger charge is 2.54. The molecule has 7 nitrogen and oxygen atoms in total. The molecule has 0 aromatic rings. The number of amides is 2. The Morgan fingerprint density at radius 1 is 1.81 bits per heavy atom. The van der Waals surface area contributed by atoms with Crippen LogP contribution < -0.4 is 5.43 Å². The normalized spacial score (nSPS) is 32.2. The Morgan fingerprint density at radius 2 is 2.50 bits per heavy atom. The van der Waals surface area contributed by atoms with Crippen molar-refractivity contribution >= 4 is 17.8 Å². The standard InChI is InChI=1S/C9H13N3O4/c1-3-16-8(14)12-7(13)5-6(11-12)10-4-9(5,2)15/h5,15H,3-4H2,1-2H3,(H,10,11). The van der Waals surface area contributed by atoms with Gasteiger partial charge in [0.25, 0.3) is 5.91 Å². The van der Waals surface area contributed by atoms with E-state index in [2.05, 4.69) is 10.4 Å². The monoisotopic (exact) mass is 227 g/mol. The zero-order chi connectivity index (χ0) is 11.9. The van der Waals surface area contributed by atoms with Gasteiger partial charge in [0.05, 0.1) is 13.2 Å². The number of imide groups is 1. The molecule has 2 rings (SSSR count). The maximum Gasteiger partial charge on any atom is 0.436 e. The molecule has 2 aliphatic heterocycles. The summed E-state index contributed by atoms with van der Waals surface area (Å²) in [5.41, 5.74) is 1.31. The van der Waals surface area contributed by atoms with Crippen LogP contribution in [0.15, 0.2) is 4.99 Å². The van der Waals surface area contributed by atoms with Gasteiger partial charge in [-0.05, 0) is 13.8 Å². The van der Waals surface area contributed by atoms with Crippen molar-refractivity contribution in [1.82, 2.24) is 10.4 Å². The molecule has 2 atom stereocenters. The van der Waals surface area contributed by atoms with Gasteiger partial charge in [0.1, 0.15) is 17.4 Å². The fourth-order valence-electron chi connectivity index (χ4n) is 1.83. The van der Waals surface area contributed by atoms with E-state index in [4.69, 9.17) is 4.74 Å². The van der Waals surface area contributed by atoms with Gasteiger partial charge < -0.3 is 9.84 Å². The Morgan fingerprint density at radius 3 is 3.06 bits per heavy atom. The lowest BCUT2D eigenvalue weighted by atomic mass is 9.91. The first-order valence-electron chi connectivity index (χ1n) is 5.01. The number of fused-ring (bicyclic) bond motifs is 1. The van der Waals surface area contributed by atoms with Gasteiger partial charge in [-0.3, -0.25) is 15.2 Å². The molecule has 0 aromatic heterocycles. The number of hydrazine groups is 1. The Balaban J connectivity index is 2.19. The lowest BCUT2D eigenvalue weighted by Crippen LogP contribution is -2.44. The largest absolute Gasteiger partial charge is 0.448 e. The van der Waals surface area contributed by atoms with Crippen LogP contribution in [0.5, 0.6) is 0 Å². The number of rotatable bonds is 1. The van der Waals surface area contributed by atoms with E-state index in [0.717, 1.165) is 5.01 Å². The summed E-state index contributed by atoms with van der Waals surface area (Å²) in [6.07, 6.45) is -0.777. The number of hydrogen-bond donors (Lipinski definition) is 2. The minimum absolute atomic E-state index is 0.155. The molecule has 2 amide bonds. The average molecular weight is 227 g/mol. The first-order chi connectivity index (χ1) is 7.47. The SMILES string of the molecule is CCOC(=O)N1NC2=NCC(C)(O)C2C1=O. The molecule has 7 heteroatoms. The van der Waals surface area contributed by atoms with Gasteiger partial charge >= 0.3 is 6.09 Å². The summed E-state index contributed by atoms with van der Waals surface area (Å²) < 4.78 is 4.70. The number of carbonyl (C=O) groups is 2. The Kier molecular flexibility index (Phi) is 2.34. The molecule has 0 saturated carbocycles. The summed E-state index contributed by atoms with van der Waals surface area (Å²) in [5, 5.41) is 10.7. The van der Waals surface area contributed by atoms with E-state index in [-0.39, 0.29) is 13.2 Å². The average Bonchev–Trinajstić information content (AvgIpc) is 2.67. The van der Waals surface area contributed by atoms with Crippen LogP contribution in [0.4, 0.5) is 4.79 Å². The van der Waals surface area contributed by atoms with Crippen LogP contribution in [0.2, 0.25) is 0 Å². The van der Waals surface area contributed by atoms with E-state index < -0.39 is 23.5 Å². The van der Waals surface area contributed by atoms with E-state index in [1.807, 2.05) is 0 Å². The number of nitrogens with one attached hydrogen (secondary N) is 1. The lowest BCUT2D eigenvalue weighted by Gasteiger charge is -2.20. The molecule has 1 saturated heterocycles. The van der Waals surface area contributed by atoms with Gasteiger partial charge in [-0.15, -0.1) is 0 Å². The van der Waals surface area contributed by atoms with Gasteiger partial charge in [0.2, 0.25) is 0 Å². The fourth-order valence-corrected chi connectivity index (χ4v) is 1.83. The molecular weight excluding hydrogens is 214 g/mol. The summed E-state index contributed by atoms with van der Waals surface area (Å²) in [5.74, 6) is -1.00. The molecule has 0 aliphatic carbocycles. The minimum atomic E-state index is -1.24. The third-order valence-electron chi connectivity index (χ3n) is 2.61. The second kappa shape index (κ2) is 3.44. The number of nitrogens with zero attached hydrogens (tertiary/aromatic N) is 2. The van der Waals surface area contributed by atoms with Crippen molar-refractivity contribution in [3.05, 3.63) is 0 Å². The molecule has 0 spiro atoms. The van der Waals surface area contributed by atoms with Gasteiger partial charge in [-0.2, -0.15) is 5.01 Å². The fraction of sp³-hybridized carbons (Fsp3) is 0.667. The van der Waals surface area contributed by atoms with Crippen molar-refractivity contribution in [3.63, 3.8) is 0 Å². The van der Waals surface area contributed by atoms with Crippen LogP contribution in [0, 0.1) is 5.92 Å². The highest BCUT2D eigenvalue weighted by atomic mass is 16.6. The number of hydrogen-bond acceptors (Lipinski definition) is 6. The molecule has 2 heterocycles. The number of ether oxygens (including phenoxy) is 1. The highest BCUT2D eigenvalue weighted by Crippen LogP contribution is 2.30. The van der Waals surface area contributed by atoms with Crippen molar-refractivity contribution in [3.8, 4) is 0 Å². The van der Waals surface area contributed by atoms with Crippen molar-refractivity contribution in [2.24, 2.45) is 10.9 Å². The van der Waals surface area contributed by atoms with E-state index in [1.165, 1.54) is 6.92 Å². The summed E-state index contributed by atoms with van der Waals surface area (Å²) in [6.45, 7) is 3.50. The molecule has 1 fully saturated rings. The summed E-state index contributed by atoms with van der Waals surface area (Å²) >= 11 is 0. The second-order valence-corrected chi connectivity index (χ2v) is 3.98. The molecule has 0 radical (unpaired) electrons. The predicted molar refractivity (Wildman–Crippen MR) is 53.4 cm³/mol. The Bertz CT molecular complexity index is 377. The van der Waals surface area contributed by atoms with Gasteiger partial charge in [-0.1, -0.05) is 0 Å². The van der Waals surface area contributed by atoms with Crippen LogP contribution in [0.25, 0.3) is 0 Å². The summed E-state index contributed by atoms with van der Waals surface area (Å²) in [6, 6.07) is 0. The molecule has 2 N–H and O–H groups in total. The highest BCUT2D eigenvalue weighted by molar-refractivity contribution is 6.14. The Labute approximate surface area is 92.1 Å². The van der Waals surface area contributed by atoms with Crippen LogP contribution in [0.1, 0.15) is 13.8 Å². The molecule has 0 bridgehead atoms. The molecule has 0 aromatic carbocycles. The first-order valence-corrected chi connectivity index (χ1v) is 5.01. The minimum Gasteiger partial charge on any atom is -0.448 e. The van der Waals surface area contributed by atoms with E-state index in [1.54, 1.807) is 6.92 Å². The molecule has 2 aliphatic rings. The van der Waals surface area contributed by atoms with Gasteiger partial charge in [0, 0.05) is 0 Å². The van der Waals surface area contributed by atoms with Crippen LogP contribution >= 0.6 is 0 Å². The topological polar surface area (TPSA) is 91.2 Å². The van der Waals surface area contributed by atoms with Crippen LogP contribution in [-0.4, -0.2) is 46.7 Å². The van der Waals surface area contributed by atoms with Crippen molar-refractivity contribution in [1.29, 1.82) is 0 Å². The summed E-state index contributed by atoms with van der Waals surface area (Å²) in [7, 11) is 0. The maximum atomic E-state index is 11.8. The Hall–Kier alpha value is -1.63. The molecular formula is C9H13N3O4. The van der Waals surface area contributed by atoms with E-state index >= 15 is 0 Å². The number of aliphatic hydroxyl groups is 1. The van der Waals surface area contributed by atoms with E-state index in [0.29, 0.717) is 5.84 Å². The lowest BCUT2D eigenvalue weighted by molar-refractivity contribution is -0.135. The molecule has 16 heavy (non-hydrogen) atoms. The number of carbonyl (C=O) groups excluding carboxylic acids is 2. The van der Waals surface area contributed by atoms with Crippen molar-refractivity contribution in [2.45, 2.75) is 19.4 Å². The number of aliphatic imine (C=N–C) groups is 1.